The summed E-state index contributed by atoms with van der Waals surface area (Å²) in [4.78, 5) is 38.0. The topological polar surface area (TPSA) is 93.0 Å². The summed E-state index contributed by atoms with van der Waals surface area (Å²) in [5.41, 5.74) is 1.05. The number of hydrogen-bond acceptors (Lipinski definition) is 6. The Balaban J connectivity index is 1.47. The first-order chi connectivity index (χ1) is 13.4. The molecule has 1 amide bonds. The standard InChI is InChI=1S/C19H18FN3O5/c20-15-3-1-14(2-4-15)19(25)28-13-18(24)22-11-9-21(10-12-22)16-5-7-17(8-6-16)23(26)27/h1-8H,9-13H2. The molecule has 0 unspecified atom stereocenters. The first-order valence-corrected chi connectivity index (χ1v) is 8.64. The number of non-ortho nitro benzene ring substituents is 1. The van der Waals surface area contributed by atoms with Crippen LogP contribution in [0.4, 0.5) is 15.8 Å². The smallest absolute Gasteiger partial charge is 0.338 e. The van der Waals surface area contributed by atoms with Crippen LogP contribution in [-0.2, 0) is 9.53 Å². The molecule has 28 heavy (non-hydrogen) atoms. The first-order valence-electron chi connectivity index (χ1n) is 8.64. The highest BCUT2D eigenvalue weighted by Gasteiger charge is 2.22. The summed E-state index contributed by atoms with van der Waals surface area (Å²) in [7, 11) is 0. The minimum atomic E-state index is -0.683. The maximum absolute atomic E-state index is 12.9. The zero-order valence-electron chi connectivity index (χ0n) is 14.9. The second-order valence-corrected chi connectivity index (χ2v) is 6.22. The molecule has 0 atom stereocenters. The summed E-state index contributed by atoms with van der Waals surface area (Å²) < 4.78 is 17.9. The number of carbonyl (C=O) groups is 2. The van der Waals surface area contributed by atoms with E-state index in [-0.39, 0.29) is 23.8 Å². The molecule has 2 aromatic rings. The zero-order chi connectivity index (χ0) is 20.1. The van der Waals surface area contributed by atoms with Gasteiger partial charge in [-0.05, 0) is 36.4 Å². The quantitative estimate of drug-likeness (QED) is 0.444. The van der Waals surface area contributed by atoms with Crippen molar-refractivity contribution in [1.29, 1.82) is 0 Å². The molecule has 8 nitrogen and oxygen atoms in total. The largest absolute Gasteiger partial charge is 0.452 e. The van der Waals surface area contributed by atoms with E-state index in [4.69, 9.17) is 4.74 Å². The lowest BCUT2D eigenvalue weighted by atomic mass is 10.2. The van der Waals surface area contributed by atoms with Crippen LogP contribution in [0.3, 0.4) is 0 Å². The number of hydrogen-bond donors (Lipinski definition) is 0. The summed E-state index contributed by atoms with van der Waals surface area (Å²) in [6.45, 7) is 1.65. The number of nitrogens with zero attached hydrogens (tertiary/aromatic N) is 3. The maximum Gasteiger partial charge on any atom is 0.338 e. The van der Waals surface area contributed by atoms with E-state index in [0.717, 1.165) is 17.8 Å². The number of nitro benzene ring substituents is 1. The van der Waals surface area contributed by atoms with E-state index in [2.05, 4.69) is 0 Å². The summed E-state index contributed by atoms with van der Waals surface area (Å²) in [6.07, 6.45) is 0. The van der Waals surface area contributed by atoms with E-state index in [1.54, 1.807) is 17.0 Å². The predicted molar refractivity (Wildman–Crippen MR) is 98.6 cm³/mol. The van der Waals surface area contributed by atoms with Crippen LogP contribution in [0.25, 0.3) is 0 Å². The van der Waals surface area contributed by atoms with Crippen molar-refractivity contribution in [2.45, 2.75) is 0 Å². The van der Waals surface area contributed by atoms with Gasteiger partial charge in [0.05, 0.1) is 10.5 Å². The van der Waals surface area contributed by atoms with Crippen molar-refractivity contribution in [2.75, 3.05) is 37.7 Å². The minimum absolute atomic E-state index is 0.0283. The Hall–Kier alpha value is -3.49. The molecule has 3 rings (SSSR count). The zero-order valence-corrected chi connectivity index (χ0v) is 14.9. The molecule has 0 bridgehead atoms. The van der Waals surface area contributed by atoms with Crippen LogP contribution in [0.1, 0.15) is 10.4 Å². The lowest BCUT2D eigenvalue weighted by molar-refractivity contribution is -0.384. The molecule has 1 fully saturated rings. The van der Waals surface area contributed by atoms with E-state index >= 15 is 0 Å². The predicted octanol–water partition coefficient (Wildman–Crippen LogP) is 2.24. The van der Waals surface area contributed by atoms with Gasteiger partial charge in [-0.3, -0.25) is 14.9 Å². The third-order valence-electron chi connectivity index (χ3n) is 4.46. The van der Waals surface area contributed by atoms with Gasteiger partial charge >= 0.3 is 5.97 Å². The molecule has 0 spiro atoms. The average Bonchev–Trinajstić information content (AvgIpc) is 2.72. The molecule has 0 aliphatic carbocycles. The molecular formula is C19H18FN3O5. The molecule has 1 saturated heterocycles. The van der Waals surface area contributed by atoms with Gasteiger partial charge in [0, 0.05) is 44.0 Å². The summed E-state index contributed by atoms with van der Waals surface area (Å²) >= 11 is 0. The van der Waals surface area contributed by atoms with E-state index in [9.17, 15) is 24.1 Å². The van der Waals surface area contributed by atoms with Crippen LogP contribution in [0.2, 0.25) is 0 Å². The molecule has 0 radical (unpaired) electrons. The van der Waals surface area contributed by atoms with Crippen molar-refractivity contribution in [1.82, 2.24) is 4.90 Å². The highest BCUT2D eigenvalue weighted by atomic mass is 19.1. The summed E-state index contributed by atoms with van der Waals surface area (Å²) in [6, 6.07) is 11.1. The third kappa shape index (κ3) is 4.61. The van der Waals surface area contributed by atoms with Gasteiger partial charge in [-0.2, -0.15) is 0 Å². The van der Waals surface area contributed by atoms with Crippen molar-refractivity contribution in [3.05, 3.63) is 70.0 Å². The fraction of sp³-hybridized carbons (Fsp3) is 0.263. The number of carbonyl (C=O) groups excluding carboxylic acids is 2. The van der Waals surface area contributed by atoms with Gasteiger partial charge in [0.15, 0.2) is 6.61 Å². The molecule has 2 aromatic carbocycles. The third-order valence-corrected chi connectivity index (χ3v) is 4.46. The highest BCUT2D eigenvalue weighted by Crippen LogP contribution is 2.20. The molecule has 0 saturated carbocycles. The number of esters is 1. The number of piperazine rings is 1. The number of ether oxygens (including phenoxy) is 1. The molecule has 9 heteroatoms. The van der Waals surface area contributed by atoms with Crippen molar-refractivity contribution in [2.24, 2.45) is 0 Å². The number of benzene rings is 2. The monoisotopic (exact) mass is 387 g/mol. The normalized spacial score (nSPS) is 13.9. The lowest BCUT2D eigenvalue weighted by Crippen LogP contribution is -2.49. The first kappa shape index (κ1) is 19.3. The molecule has 0 N–H and O–H groups in total. The summed E-state index contributed by atoms with van der Waals surface area (Å²) in [5, 5.41) is 10.7. The number of nitro groups is 1. The van der Waals surface area contributed by atoms with Crippen LogP contribution in [0.5, 0.6) is 0 Å². The Labute approximate surface area is 160 Å². The lowest BCUT2D eigenvalue weighted by Gasteiger charge is -2.36. The number of rotatable bonds is 5. The average molecular weight is 387 g/mol. The van der Waals surface area contributed by atoms with Crippen molar-refractivity contribution < 1.29 is 23.6 Å². The van der Waals surface area contributed by atoms with Crippen molar-refractivity contribution in [3.63, 3.8) is 0 Å². The molecule has 1 heterocycles. The van der Waals surface area contributed by atoms with Gasteiger partial charge in [-0.15, -0.1) is 0 Å². The molecule has 1 aliphatic heterocycles. The van der Waals surface area contributed by atoms with Crippen molar-refractivity contribution >= 4 is 23.3 Å². The second-order valence-electron chi connectivity index (χ2n) is 6.22. The fourth-order valence-electron chi connectivity index (χ4n) is 2.89. The second kappa shape index (κ2) is 8.47. The Morgan fingerprint density at radius 2 is 1.61 bits per heavy atom. The number of anilines is 1. The van der Waals surface area contributed by atoms with E-state index in [1.807, 2.05) is 4.90 Å². The Bertz CT molecular complexity index is 862. The van der Waals surface area contributed by atoms with Crippen LogP contribution >= 0.6 is 0 Å². The highest BCUT2D eigenvalue weighted by molar-refractivity contribution is 5.91. The fourth-order valence-corrected chi connectivity index (χ4v) is 2.89. The number of amides is 1. The Kier molecular flexibility index (Phi) is 5.83. The van der Waals surface area contributed by atoms with Crippen LogP contribution in [0.15, 0.2) is 48.5 Å². The minimum Gasteiger partial charge on any atom is -0.452 e. The van der Waals surface area contributed by atoms with Crippen molar-refractivity contribution in [3.8, 4) is 0 Å². The Morgan fingerprint density at radius 3 is 2.18 bits per heavy atom. The molecular weight excluding hydrogens is 369 g/mol. The van der Waals surface area contributed by atoms with E-state index in [0.29, 0.717) is 26.2 Å². The summed E-state index contributed by atoms with van der Waals surface area (Å²) in [5.74, 6) is -1.45. The van der Waals surface area contributed by atoms with Crippen LogP contribution in [0, 0.1) is 15.9 Å². The van der Waals surface area contributed by atoms with E-state index < -0.39 is 16.7 Å². The maximum atomic E-state index is 12.9. The SMILES string of the molecule is O=C(OCC(=O)N1CCN(c2ccc([N+](=O)[O-])cc2)CC1)c1ccc(F)cc1. The van der Waals surface area contributed by atoms with Gasteiger partial charge in [0.1, 0.15) is 5.82 Å². The molecule has 146 valence electrons. The van der Waals surface area contributed by atoms with Crippen LogP contribution in [-0.4, -0.2) is 54.5 Å². The Morgan fingerprint density at radius 1 is 1.00 bits per heavy atom. The molecule has 0 aromatic heterocycles. The molecule has 1 aliphatic rings. The van der Waals surface area contributed by atoms with Gasteiger partial charge in [0.25, 0.3) is 11.6 Å². The van der Waals surface area contributed by atoms with Gasteiger partial charge in [0.2, 0.25) is 0 Å². The number of halogens is 1. The van der Waals surface area contributed by atoms with Gasteiger partial charge in [-0.1, -0.05) is 0 Å². The van der Waals surface area contributed by atoms with Gasteiger partial charge in [-0.25, -0.2) is 9.18 Å². The van der Waals surface area contributed by atoms with E-state index in [1.165, 1.54) is 24.3 Å². The van der Waals surface area contributed by atoms with Crippen LogP contribution < -0.4 is 4.90 Å². The van der Waals surface area contributed by atoms with Gasteiger partial charge < -0.3 is 14.5 Å².